The Balaban J connectivity index is 1.65. The number of hydrogen-bond donors (Lipinski definition) is 2. The first-order valence-corrected chi connectivity index (χ1v) is 10.4. The lowest BCUT2D eigenvalue weighted by Gasteiger charge is -2.13. The fourth-order valence-electron chi connectivity index (χ4n) is 2.76. The third-order valence-corrected chi connectivity index (χ3v) is 5.05. The molecule has 0 radical (unpaired) electrons. The lowest BCUT2D eigenvalue weighted by molar-refractivity contribution is -0.118. The molecule has 0 aliphatic heterocycles. The van der Waals surface area contributed by atoms with Gasteiger partial charge in [-0.25, -0.2) is 4.39 Å². The topological polar surface area (TPSA) is 76.7 Å². The number of ether oxygens (including phenoxy) is 2. The Morgan fingerprint density at radius 1 is 0.970 bits per heavy atom. The third kappa shape index (κ3) is 6.91. The summed E-state index contributed by atoms with van der Waals surface area (Å²) in [6, 6.07) is 15.8. The van der Waals surface area contributed by atoms with Crippen molar-refractivity contribution in [2.75, 3.05) is 24.4 Å². The van der Waals surface area contributed by atoms with Gasteiger partial charge >= 0.3 is 0 Å². The first-order chi connectivity index (χ1) is 15.9. The van der Waals surface area contributed by atoms with Crippen LogP contribution in [-0.4, -0.2) is 31.3 Å². The van der Waals surface area contributed by atoms with Gasteiger partial charge in [0, 0.05) is 16.1 Å². The number of methoxy groups -OCH3 is 1. The fraction of sp³-hybridized carbons (Fsp3) is 0.130. The highest BCUT2D eigenvalue weighted by Crippen LogP contribution is 2.33. The molecule has 3 rings (SSSR count). The molecule has 0 aromatic heterocycles. The molecular formula is C23H19F3N2O4S. The molecule has 0 heterocycles. The van der Waals surface area contributed by atoms with Gasteiger partial charge < -0.3 is 20.1 Å². The Kier molecular flexibility index (Phi) is 8.20. The molecule has 172 valence electrons. The van der Waals surface area contributed by atoms with Crippen molar-refractivity contribution in [1.82, 2.24) is 0 Å². The van der Waals surface area contributed by atoms with Crippen LogP contribution in [0.2, 0.25) is 0 Å². The lowest BCUT2D eigenvalue weighted by atomic mass is 10.2. The minimum Gasteiger partial charge on any atom is -0.493 e. The second-order valence-corrected chi connectivity index (χ2v) is 7.57. The Morgan fingerprint density at radius 3 is 2.39 bits per heavy atom. The van der Waals surface area contributed by atoms with E-state index in [0.29, 0.717) is 17.4 Å². The Labute approximate surface area is 192 Å². The van der Waals surface area contributed by atoms with Crippen molar-refractivity contribution >= 4 is 35.0 Å². The van der Waals surface area contributed by atoms with E-state index in [2.05, 4.69) is 10.6 Å². The summed E-state index contributed by atoms with van der Waals surface area (Å²) in [6.07, 6.45) is 0. The smallest absolute Gasteiger partial charge is 0.288 e. The first-order valence-electron chi connectivity index (χ1n) is 9.57. The number of amides is 2. The van der Waals surface area contributed by atoms with Crippen molar-refractivity contribution in [2.45, 2.75) is 10.7 Å². The van der Waals surface area contributed by atoms with Crippen LogP contribution in [0, 0.1) is 5.82 Å². The minimum atomic E-state index is -2.63. The molecule has 0 aliphatic carbocycles. The summed E-state index contributed by atoms with van der Waals surface area (Å²) >= 11 is 0.334. The van der Waals surface area contributed by atoms with Crippen molar-refractivity contribution in [3.63, 3.8) is 0 Å². The molecule has 10 heteroatoms. The van der Waals surface area contributed by atoms with Gasteiger partial charge in [-0.2, -0.15) is 8.78 Å². The number of rotatable bonds is 9. The molecule has 2 amide bonds. The molecule has 0 unspecified atom stereocenters. The number of benzene rings is 3. The van der Waals surface area contributed by atoms with Crippen molar-refractivity contribution in [1.29, 1.82) is 0 Å². The van der Waals surface area contributed by atoms with E-state index in [-0.39, 0.29) is 34.3 Å². The average molecular weight is 476 g/mol. The quantitative estimate of drug-likeness (QED) is 0.404. The van der Waals surface area contributed by atoms with Gasteiger partial charge in [0.1, 0.15) is 5.82 Å². The molecule has 3 aromatic carbocycles. The number of para-hydroxylation sites is 1. The summed E-state index contributed by atoms with van der Waals surface area (Å²) in [5, 5.41) is 5.17. The van der Waals surface area contributed by atoms with E-state index in [4.69, 9.17) is 9.47 Å². The molecule has 0 spiro atoms. The summed E-state index contributed by atoms with van der Waals surface area (Å²) in [5.74, 6) is -3.63. The zero-order valence-corrected chi connectivity index (χ0v) is 18.1. The van der Waals surface area contributed by atoms with Crippen LogP contribution in [0.5, 0.6) is 11.5 Å². The van der Waals surface area contributed by atoms with Gasteiger partial charge in [0.05, 0.1) is 12.8 Å². The van der Waals surface area contributed by atoms with Gasteiger partial charge in [-0.05, 0) is 54.6 Å². The standard InChI is InChI=1S/C23H19F3N2O4S/c1-31-19-12-14(22(30)28-17-4-2-3-5-20(17)33-23(25)26)6-11-18(19)32-13-21(29)27-16-9-7-15(24)8-10-16/h2-12,23H,13H2,1H3,(H,27,29)(H,28,30). The van der Waals surface area contributed by atoms with Crippen LogP contribution in [0.25, 0.3) is 0 Å². The number of nitrogens with one attached hydrogen (secondary N) is 2. The van der Waals surface area contributed by atoms with Crippen LogP contribution in [0.3, 0.4) is 0 Å². The van der Waals surface area contributed by atoms with Crippen molar-refractivity contribution in [3.8, 4) is 11.5 Å². The van der Waals surface area contributed by atoms with Crippen LogP contribution < -0.4 is 20.1 Å². The zero-order chi connectivity index (χ0) is 23.8. The SMILES string of the molecule is COc1cc(C(=O)Nc2ccccc2SC(F)F)ccc1OCC(=O)Nc1ccc(F)cc1. The van der Waals surface area contributed by atoms with Gasteiger partial charge in [0.2, 0.25) is 0 Å². The molecule has 0 fully saturated rings. The maximum Gasteiger partial charge on any atom is 0.288 e. The summed E-state index contributed by atoms with van der Waals surface area (Å²) in [5.41, 5.74) is 0.866. The lowest BCUT2D eigenvalue weighted by Crippen LogP contribution is -2.20. The molecule has 0 bridgehead atoms. The maximum absolute atomic E-state index is 12.9. The number of anilines is 2. The number of thioether (sulfide) groups is 1. The van der Waals surface area contributed by atoms with Crippen LogP contribution >= 0.6 is 11.8 Å². The molecule has 6 nitrogen and oxygen atoms in total. The van der Waals surface area contributed by atoms with Crippen LogP contribution in [0.4, 0.5) is 24.5 Å². The summed E-state index contributed by atoms with van der Waals surface area (Å²) in [4.78, 5) is 24.9. The van der Waals surface area contributed by atoms with E-state index >= 15 is 0 Å². The Bertz CT molecular complexity index is 1130. The molecule has 0 atom stereocenters. The van der Waals surface area contributed by atoms with Gasteiger partial charge in [-0.15, -0.1) is 0 Å². The van der Waals surface area contributed by atoms with Gasteiger partial charge in [-0.3, -0.25) is 9.59 Å². The highest BCUT2D eigenvalue weighted by atomic mass is 32.2. The fourth-order valence-corrected chi connectivity index (χ4v) is 3.36. The molecule has 3 aromatic rings. The van der Waals surface area contributed by atoms with E-state index in [0.717, 1.165) is 0 Å². The Morgan fingerprint density at radius 2 is 1.70 bits per heavy atom. The number of carbonyl (C=O) groups excluding carboxylic acids is 2. The van der Waals surface area contributed by atoms with Gasteiger partial charge in [0.25, 0.3) is 17.6 Å². The monoisotopic (exact) mass is 476 g/mol. The molecule has 0 aliphatic rings. The van der Waals surface area contributed by atoms with Crippen molar-refractivity contribution in [2.24, 2.45) is 0 Å². The maximum atomic E-state index is 12.9. The zero-order valence-electron chi connectivity index (χ0n) is 17.3. The van der Waals surface area contributed by atoms with Crippen LogP contribution in [0.15, 0.2) is 71.6 Å². The van der Waals surface area contributed by atoms with Gasteiger partial charge in [0.15, 0.2) is 18.1 Å². The minimum absolute atomic E-state index is 0.201. The van der Waals surface area contributed by atoms with Crippen LogP contribution in [0.1, 0.15) is 10.4 Å². The van der Waals surface area contributed by atoms with E-state index in [1.165, 1.54) is 61.7 Å². The van der Waals surface area contributed by atoms with E-state index in [1.54, 1.807) is 12.1 Å². The summed E-state index contributed by atoms with van der Waals surface area (Å²) < 4.78 is 49.2. The third-order valence-electron chi connectivity index (χ3n) is 4.26. The summed E-state index contributed by atoms with van der Waals surface area (Å²) in [7, 11) is 1.37. The largest absolute Gasteiger partial charge is 0.493 e. The molecule has 2 N–H and O–H groups in total. The Hall–Kier alpha value is -3.66. The normalized spacial score (nSPS) is 10.6. The number of halogens is 3. The number of hydrogen-bond acceptors (Lipinski definition) is 5. The number of alkyl halides is 2. The highest BCUT2D eigenvalue weighted by molar-refractivity contribution is 7.99. The first kappa shape index (κ1) is 24.0. The number of carbonyl (C=O) groups is 2. The molecule has 0 saturated heterocycles. The van der Waals surface area contributed by atoms with E-state index < -0.39 is 23.4 Å². The predicted octanol–water partition coefficient (Wildman–Crippen LogP) is 5.42. The van der Waals surface area contributed by atoms with E-state index in [9.17, 15) is 22.8 Å². The van der Waals surface area contributed by atoms with Gasteiger partial charge in [-0.1, -0.05) is 23.9 Å². The van der Waals surface area contributed by atoms with E-state index in [1.807, 2.05) is 0 Å². The van der Waals surface area contributed by atoms with Crippen molar-refractivity contribution < 1.29 is 32.2 Å². The predicted molar refractivity (Wildman–Crippen MR) is 120 cm³/mol. The van der Waals surface area contributed by atoms with Crippen molar-refractivity contribution in [3.05, 3.63) is 78.1 Å². The molecular weight excluding hydrogens is 457 g/mol. The second-order valence-electron chi connectivity index (χ2n) is 6.54. The molecule has 33 heavy (non-hydrogen) atoms. The molecule has 0 saturated carbocycles. The summed E-state index contributed by atoms with van der Waals surface area (Å²) in [6.45, 7) is -0.350. The second kappa shape index (κ2) is 11.3. The van der Waals surface area contributed by atoms with Crippen LogP contribution in [-0.2, 0) is 4.79 Å². The highest BCUT2D eigenvalue weighted by Gasteiger charge is 2.16. The average Bonchev–Trinajstić information content (AvgIpc) is 2.80.